The number of aromatic nitrogens is 3. The fraction of sp³-hybridized carbons (Fsp3) is 0.500. The fourth-order valence-electron chi connectivity index (χ4n) is 3.11. The minimum atomic E-state index is -0.219. The van der Waals surface area contributed by atoms with Crippen molar-refractivity contribution in [2.75, 3.05) is 11.1 Å². The Kier molecular flexibility index (Phi) is 4.39. The molecule has 0 saturated heterocycles. The lowest BCUT2D eigenvalue weighted by Gasteiger charge is -2.09. The zero-order valence-corrected chi connectivity index (χ0v) is 15.1. The van der Waals surface area contributed by atoms with Crippen LogP contribution in [0, 0.1) is 11.3 Å². The maximum Gasteiger partial charge on any atom is 0.344 e. The lowest BCUT2D eigenvalue weighted by atomic mass is 9.96. The molecule has 0 aromatic carbocycles. The summed E-state index contributed by atoms with van der Waals surface area (Å²) in [5, 5.41) is 20.0. The van der Waals surface area contributed by atoms with E-state index in [1.165, 1.54) is 28.0 Å². The number of aryl methyl sites for hydroxylation is 1. The van der Waals surface area contributed by atoms with Crippen LogP contribution in [0.3, 0.4) is 0 Å². The minimum absolute atomic E-state index is 0.157. The van der Waals surface area contributed by atoms with Crippen LogP contribution in [0.2, 0.25) is 0 Å². The Morgan fingerprint density at radius 1 is 1.44 bits per heavy atom. The van der Waals surface area contributed by atoms with Crippen LogP contribution in [0.1, 0.15) is 47.7 Å². The number of fused-ring (bicyclic) bond motifs is 1. The Labute approximate surface area is 152 Å². The number of carbonyl (C=O) groups excluding carboxylic acids is 1. The number of thiophene rings is 1. The molecule has 1 fully saturated rings. The van der Waals surface area contributed by atoms with Gasteiger partial charge in [0.2, 0.25) is 5.91 Å². The molecule has 9 heteroatoms. The zero-order chi connectivity index (χ0) is 17.4. The summed E-state index contributed by atoms with van der Waals surface area (Å²) < 4.78 is 1.63. The summed E-state index contributed by atoms with van der Waals surface area (Å²) in [5.41, 5.74) is 1.51. The highest BCUT2D eigenvalue weighted by Gasteiger charge is 2.29. The topological polar surface area (TPSA) is 104 Å². The molecule has 7 nitrogen and oxygen atoms in total. The fourth-order valence-corrected chi connectivity index (χ4v) is 5.18. The largest absolute Gasteiger partial charge is 0.344 e. The number of thioether (sulfide) groups is 1. The van der Waals surface area contributed by atoms with Gasteiger partial charge in [0.05, 0.1) is 11.3 Å². The molecular formula is C16H17N5O2S2. The number of hydrogen-bond acceptors (Lipinski definition) is 6. The minimum Gasteiger partial charge on any atom is -0.316 e. The first-order chi connectivity index (χ1) is 12.2. The van der Waals surface area contributed by atoms with Crippen molar-refractivity contribution in [3.8, 4) is 6.07 Å². The predicted molar refractivity (Wildman–Crippen MR) is 96.1 cm³/mol. The number of nitrogens with one attached hydrogen (secondary N) is 2. The normalized spacial score (nSPS) is 16.3. The Bertz CT molecular complexity index is 916. The van der Waals surface area contributed by atoms with E-state index in [2.05, 4.69) is 21.6 Å². The van der Waals surface area contributed by atoms with Gasteiger partial charge >= 0.3 is 5.69 Å². The van der Waals surface area contributed by atoms with Crippen molar-refractivity contribution in [3.63, 3.8) is 0 Å². The molecule has 2 heterocycles. The second kappa shape index (κ2) is 6.69. The summed E-state index contributed by atoms with van der Waals surface area (Å²) in [6, 6.07) is 2.46. The molecule has 2 aliphatic rings. The van der Waals surface area contributed by atoms with Crippen LogP contribution < -0.4 is 11.0 Å². The maximum atomic E-state index is 12.3. The number of nitriles is 1. The van der Waals surface area contributed by atoms with Gasteiger partial charge in [-0.25, -0.2) is 9.89 Å². The van der Waals surface area contributed by atoms with Gasteiger partial charge in [-0.1, -0.05) is 11.8 Å². The van der Waals surface area contributed by atoms with Crippen molar-refractivity contribution in [1.29, 1.82) is 5.26 Å². The molecule has 2 aliphatic carbocycles. The van der Waals surface area contributed by atoms with Gasteiger partial charge < -0.3 is 5.32 Å². The number of rotatable bonds is 5. The van der Waals surface area contributed by atoms with Crippen LogP contribution in [-0.2, 0) is 17.6 Å². The number of amides is 1. The number of carbonyl (C=O) groups is 1. The zero-order valence-electron chi connectivity index (χ0n) is 13.5. The molecule has 1 saturated carbocycles. The summed E-state index contributed by atoms with van der Waals surface area (Å²) in [7, 11) is 0. The van der Waals surface area contributed by atoms with E-state index in [1.807, 2.05) is 0 Å². The van der Waals surface area contributed by atoms with Gasteiger partial charge in [0, 0.05) is 10.9 Å². The van der Waals surface area contributed by atoms with Gasteiger partial charge in [-0.15, -0.1) is 16.4 Å². The van der Waals surface area contributed by atoms with Gasteiger partial charge in [0.1, 0.15) is 11.1 Å². The lowest BCUT2D eigenvalue weighted by molar-refractivity contribution is -0.113. The monoisotopic (exact) mass is 375 g/mol. The number of H-pyrrole nitrogens is 1. The van der Waals surface area contributed by atoms with Crippen molar-refractivity contribution >= 4 is 34.0 Å². The molecule has 0 aliphatic heterocycles. The third kappa shape index (κ3) is 3.24. The molecule has 2 aromatic rings. The van der Waals surface area contributed by atoms with Crippen LogP contribution in [0.25, 0.3) is 0 Å². The number of nitrogens with zero attached hydrogens (tertiary/aromatic N) is 3. The molecule has 2 N–H and O–H groups in total. The first-order valence-electron chi connectivity index (χ1n) is 8.31. The van der Waals surface area contributed by atoms with Gasteiger partial charge in [0.15, 0.2) is 5.16 Å². The maximum absolute atomic E-state index is 12.3. The summed E-state index contributed by atoms with van der Waals surface area (Å²) in [5.74, 6) is -0.0253. The first-order valence-corrected chi connectivity index (χ1v) is 10.1. The van der Waals surface area contributed by atoms with E-state index in [4.69, 9.17) is 0 Å². The van der Waals surface area contributed by atoms with E-state index in [9.17, 15) is 14.9 Å². The average Bonchev–Trinajstić information content (AvgIpc) is 3.28. The molecule has 0 radical (unpaired) electrons. The van der Waals surface area contributed by atoms with Crippen molar-refractivity contribution < 1.29 is 4.79 Å². The number of anilines is 1. The molecule has 0 bridgehead atoms. The standard InChI is InChI=1S/C16H17N5O2S2/c17-7-11-10-3-1-2-4-12(10)25-14(11)18-13(22)8-24-16-20-19-15(23)21(16)9-5-6-9/h9H,1-6,8H2,(H,18,22)(H,19,23). The number of hydrogen-bond donors (Lipinski definition) is 2. The molecule has 130 valence electrons. The van der Waals surface area contributed by atoms with Crippen LogP contribution in [0.5, 0.6) is 0 Å². The van der Waals surface area contributed by atoms with E-state index in [-0.39, 0.29) is 23.4 Å². The van der Waals surface area contributed by atoms with Gasteiger partial charge in [-0.2, -0.15) is 5.26 Å². The molecule has 2 aromatic heterocycles. The molecule has 25 heavy (non-hydrogen) atoms. The van der Waals surface area contributed by atoms with Gasteiger partial charge in [0.25, 0.3) is 0 Å². The molecule has 1 amide bonds. The quantitative estimate of drug-likeness (QED) is 0.781. The van der Waals surface area contributed by atoms with E-state index in [1.54, 1.807) is 4.57 Å². The third-order valence-electron chi connectivity index (χ3n) is 4.45. The van der Waals surface area contributed by atoms with Crippen LogP contribution in [-0.4, -0.2) is 26.4 Å². The molecular weight excluding hydrogens is 358 g/mol. The Morgan fingerprint density at radius 2 is 2.24 bits per heavy atom. The molecule has 0 atom stereocenters. The van der Waals surface area contributed by atoms with Crippen LogP contribution >= 0.6 is 23.1 Å². The Balaban J connectivity index is 1.44. The van der Waals surface area contributed by atoms with Crippen molar-refractivity contribution in [1.82, 2.24) is 14.8 Å². The lowest BCUT2D eigenvalue weighted by Crippen LogP contribution is -2.17. The van der Waals surface area contributed by atoms with Crippen molar-refractivity contribution in [3.05, 3.63) is 26.5 Å². The summed E-state index contributed by atoms with van der Waals surface area (Å²) in [4.78, 5) is 25.3. The summed E-state index contributed by atoms with van der Waals surface area (Å²) >= 11 is 2.76. The van der Waals surface area contributed by atoms with E-state index >= 15 is 0 Å². The predicted octanol–water partition coefficient (Wildman–Crippen LogP) is 2.45. The third-order valence-corrected chi connectivity index (χ3v) is 6.61. The average molecular weight is 375 g/mol. The van der Waals surface area contributed by atoms with Gasteiger partial charge in [-0.3, -0.25) is 9.36 Å². The molecule has 4 rings (SSSR count). The number of aromatic amines is 1. The summed E-state index contributed by atoms with van der Waals surface area (Å²) in [6.45, 7) is 0. The summed E-state index contributed by atoms with van der Waals surface area (Å²) in [6.07, 6.45) is 6.09. The van der Waals surface area contributed by atoms with Crippen molar-refractivity contribution in [2.24, 2.45) is 0 Å². The Morgan fingerprint density at radius 3 is 3.00 bits per heavy atom. The molecule has 0 spiro atoms. The molecule has 0 unspecified atom stereocenters. The first kappa shape index (κ1) is 16.4. The SMILES string of the molecule is N#Cc1c(NC(=O)CSc2n[nH]c(=O)n2C2CC2)sc2c1CCCC2. The van der Waals surface area contributed by atoms with Crippen LogP contribution in [0.15, 0.2) is 9.95 Å². The van der Waals surface area contributed by atoms with Gasteiger partial charge in [-0.05, 0) is 44.1 Å². The smallest absolute Gasteiger partial charge is 0.316 e. The van der Waals surface area contributed by atoms with Crippen LogP contribution in [0.4, 0.5) is 5.00 Å². The highest BCUT2D eigenvalue weighted by atomic mass is 32.2. The highest BCUT2D eigenvalue weighted by molar-refractivity contribution is 7.99. The van der Waals surface area contributed by atoms with E-state index < -0.39 is 0 Å². The Hall–Kier alpha value is -2.05. The van der Waals surface area contributed by atoms with Crippen molar-refractivity contribution in [2.45, 2.75) is 49.7 Å². The second-order valence-corrected chi connectivity index (χ2v) is 8.32. The highest BCUT2D eigenvalue weighted by Crippen LogP contribution is 2.38. The van der Waals surface area contributed by atoms with E-state index in [0.29, 0.717) is 15.7 Å². The second-order valence-electron chi connectivity index (χ2n) is 6.28. The van der Waals surface area contributed by atoms with E-state index in [0.717, 1.165) is 44.1 Å².